The first-order chi connectivity index (χ1) is 9.11. The number of likely N-dealkylation sites (N-methyl/N-ethyl adjacent to an activating group) is 1. The number of quaternary nitrogens is 1. The third-order valence-corrected chi connectivity index (χ3v) is 3.51. The Kier molecular flexibility index (Phi) is 4.11. The van der Waals surface area contributed by atoms with Crippen LogP contribution in [0.3, 0.4) is 0 Å². The van der Waals surface area contributed by atoms with Crippen LogP contribution in [0.15, 0.2) is 18.2 Å². The van der Waals surface area contributed by atoms with Crippen LogP contribution in [0.4, 0.5) is 11.4 Å². The van der Waals surface area contributed by atoms with E-state index in [9.17, 15) is 14.9 Å². The molecule has 0 radical (unpaired) electrons. The number of rotatable bonds is 3. The highest BCUT2D eigenvalue weighted by Crippen LogP contribution is 2.29. The van der Waals surface area contributed by atoms with Gasteiger partial charge in [-0.3, -0.25) is 14.9 Å². The van der Waals surface area contributed by atoms with Crippen LogP contribution in [0.2, 0.25) is 0 Å². The van der Waals surface area contributed by atoms with E-state index in [2.05, 4.69) is 7.05 Å². The molecular weight excluding hydrogens is 246 g/mol. The summed E-state index contributed by atoms with van der Waals surface area (Å²) in [6.07, 6.45) is 1.65. The molecule has 0 spiro atoms. The monoisotopic (exact) mass is 264 g/mol. The molecular formula is C13H18N3O3+. The van der Waals surface area contributed by atoms with Gasteiger partial charge in [0.15, 0.2) is 0 Å². The lowest BCUT2D eigenvalue weighted by Crippen LogP contribution is -3.09. The Morgan fingerprint density at radius 3 is 2.84 bits per heavy atom. The van der Waals surface area contributed by atoms with Gasteiger partial charge in [-0.25, -0.2) is 0 Å². The fourth-order valence-corrected chi connectivity index (χ4v) is 2.40. The lowest BCUT2D eigenvalue weighted by atomic mass is 10.1. The molecule has 6 heteroatoms. The molecule has 1 aliphatic rings. The lowest BCUT2D eigenvalue weighted by molar-refractivity contribution is -0.876. The maximum absolute atomic E-state index is 11.1. The van der Waals surface area contributed by atoms with Gasteiger partial charge in [0.25, 0.3) is 5.69 Å². The number of hydrogen-bond acceptors (Lipinski definition) is 4. The molecule has 19 heavy (non-hydrogen) atoms. The van der Waals surface area contributed by atoms with Gasteiger partial charge in [0.05, 0.1) is 31.6 Å². The maximum atomic E-state index is 11.1. The zero-order valence-electron chi connectivity index (χ0n) is 11.0. The highest BCUT2D eigenvalue weighted by molar-refractivity contribution is 5.79. The molecule has 0 amide bonds. The van der Waals surface area contributed by atoms with Gasteiger partial charge in [-0.1, -0.05) is 0 Å². The molecule has 1 saturated heterocycles. The number of nitrogens with one attached hydrogen (secondary N) is 1. The van der Waals surface area contributed by atoms with E-state index in [0.717, 1.165) is 32.6 Å². The Balaban J connectivity index is 2.32. The Morgan fingerprint density at radius 2 is 2.16 bits per heavy atom. The van der Waals surface area contributed by atoms with Crippen LogP contribution < -0.4 is 9.80 Å². The van der Waals surface area contributed by atoms with Crippen molar-refractivity contribution in [1.29, 1.82) is 0 Å². The Morgan fingerprint density at radius 1 is 1.37 bits per heavy atom. The van der Waals surface area contributed by atoms with Crippen molar-refractivity contribution in [3.05, 3.63) is 33.9 Å². The summed E-state index contributed by atoms with van der Waals surface area (Å²) < 4.78 is 0. The largest absolute Gasteiger partial charge is 0.360 e. The quantitative estimate of drug-likeness (QED) is 0.479. The number of aldehydes is 1. The first-order valence-corrected chi connectivity index (χ1v) is 6.41. The fourth-order valence-electron chi connectivity index (χ4n) is 2.40. The molecule has 1 aromatic rings. The van der Waals surface area contributed by atoms with E-state index in [4.69, 9.17) is 0 Å². The molecule has 102 valence electrons. The lowest BCUT2D eigenvalue weighted by Gasteiger charge is -2.21. The molecule has 1 aromatic carbocycles. The van der Waals surface area contributed by atoms with E-state index >= 15 is 0 Å². The van der Waals surface area contributed by atoms with Crippen molar-refractivity contribution in [2.45, 2.75) is 6.42 Å². The van der Waals surface area contributed by atoms with Crippen molar-refractivity contribution < 1.29 is 14.6 Å². The first-order valence-electron chi connectivity index (χ1n) is 6.41. The average Bonchev–Trinajstić information content (AvgIpc) is 2.62. The van der Waals surface area contributed by atoms with Crippen LogP contribution in [-0.2, 0) is 0 Å². The molecule has 2 rings (SSSR count). The zero-order chi connectivity index (χ0) is 13.8. The maximum Gasteiger partial charge on any atom is 0.293 e. The van der Waals surface area contributed by atoms with Crippen molar-refractivity contribution >= 4 is 17.7 Å². The number of anilines is 1. The van der Waals surface area contributed by atoms with E-state index in [-0.39, 0.29) is 5.69 Å². The van der Waals surface area contributed by atoms with Crippen LogP contribution in [0.5, 0.6) is 0 Å². The molecule has 1 atom stereocenters. The molecule has 1 heterocycles. The summed E-state index contributed by atoms with van der Waals surface area (Å²) in [6, 6.07) is 4.67. The second kappa shape index (κ2) is 5.79. The van der Waals surface area contributed by atoms with E-state index in [1.807, 2.05) is 4.90 Å². The van der Waals surface area contributed by atoms with E-state index < -0.39 is 4.92 Å². The predicted octanol–water partition coefficient (Wildman–Crippen LogP) is 0.132. The molecule has 0 saturated carbocycles. The second-order valence-corrected chi connectivity index (χ2v) is 4.92. The minimum atomic E-state index is -0.413. The van der Waals surface area contributed by atoms with E-state index in [1.165, 1.54) is 11.0 Å². The van der Waals surface area contributed by atoms with Gasteiger partial charge in [0, 0.05) is 24.6 Å². The number of benzene rings is 1. The number of nitro benzene ring substituents is 1. The first kappa shape index (κ1) is 13.5. The third kappa shape index (κ3) is 3.08. The van der Waals surface area contributed by atoms with Gasteiger partial charge < -0.3 is 9.80 Å². The van der Waals surface area contributed by atoms with Gasteiger partial charge in [-0.05, 0) is 12.1 Å². The van der Waals surface area contributed by atoms with Gasteiger partial charge in [0.1, 0.15) is 12.0 Å². The van der Waals surface area contributed by atoms with Crippen LogP contribution in [0.1, 0.15) is 16.8 Å². The SMILES string of the molecule is C[NH+]1CCCN(c2ccc(C=O)cc2[N+](=O)[O-])CC1. The number of carbonyl (C=O) groups excluding carboxylic acids is 1. The fraction of sp³-hybridized carbons (Fsp3) is 0.462. The smallest absolute Gasteiger partial charge is 0.293 e. The summed E-state index contributed by atoms with van der Waals surface area (Å²) in [4.78, 5) is 24.9. The number of carbonyl (C=O) groups is 1. The van der Waals surface area contributed by atoms with Gasteiger partial charge >= 0.3 is 0 Å². The minimum Gasteiger partial charge on any atom is -0.360 e. The summed E-state index contributed by atoms with van der Waals surface area (Å²) in [5.74, 6) is 0. The summed E-state index contributed by atoms with van der Waals surface area (Å²) in [6.45, 7) is 3.66. The molecule has 1 unspecified atom stereocenters. The summed E-state index contributed by atoms with van der Waals surface area (Å²) in [7, 11) is 2.13. The van der Waals surface area contributed by atoms with Crippen molar-refractivity contribution in [1.82, 2.24) is 0 Å². The van der Waals surface area contributed by atoms with Crippen molar-refractivity contribution in [3.63, 3.8) is 0 Å². The third-order valence-electron chi connectivity index (χ3n) is 3.51. The molecule has 1 N–H and O–H groups in total. The molecule has 0 bridgehead atoms. The molecule has 0 aromatic heterocycles. The van der Waals surface area contributed by atoms with Crippen molar-refractivity contribution in [3.8, 4) is 0 Å². The predicted molar refractivity (Wildman–Crippen MR) is 71.9 cm³/mol. The number of hydrogen-bond donors (Lipinski definition) is 1. The summed E-state index contributed by atoms with van der Waals surface area (Å²) >= 11 is 0. The van der Waals surface area contributed by atoms with E-state index in [0.29, 0.717) is 17.5 Å². The molecule has 1 fully saturated rings. The van der Waals surface area contributed by atoms with Crippen LogP contribution in [-0.4, -0.2) is 44.4 Å². The average molecular weight is 264 g/mol. The topological polar surface area (TPSA) is 67.9 Å². The Hall–Kier alpha value is -1.95. The van der Waals surface area contributed by atoms with Gasteiger partial charge in [0.2, 0.25) is 0 Å². The zero-order valence-corrected chi connectivity index (χ0v) is 11.0. The minimum absolute atomic E-state index is 0.0177. The summed E-state index contributed by atoms with van der Waals surface area (Å²) in [5.41, 5.74) is 0.975. The highest BCUT2D eigenvalue weighted by atomic mass is 16.6. The summed E-state index contributed by atoms with van der Waals surface area (Å²) in [5, 5.41) is 11.1. The second-order valence-electron chi connectivity index (χ2n) is 4.92. The Bertz CT molecular complexity index is 490. The van der Waals surface area contributed by atoms with E-state index in [1.54, 1.807) is 12.1 Å². The molecule has 1 aliphatic heterocycles. The van der Waals surface area contributed by atoms with Crippen molar-refractivity contribution in [2.75, 3.05) is 38.1 Å². The molecule has 6 nitrogen and oxygen atoms in total. The normalized spacial score (nSPS) is 19.8. The number of nitro groups is 1. The Labute approximate surface area is 111 Å². The highest BCUT2D eigenvalue weighted by Gasteiger charge is 2.22. The van der Waals surface area contributed by atoms with Gasteiger partial charge in [-0.2, -0.15) is 0 Å². The number of nitrogens with zero attached hydrogens (tertiary/aromatic N) is 2. The van der Waals surface area contributed by atoms with Crippen LogP contribution in [0, 0.1) is 10.1 Å². The van der Waals surface area contributed by atoms with Crippen LogP contribution in [0.25, 0.3) is 0 Å². The standard InChI is InChI=1S/C13H17N3O3/c1-14-5-2-6-15(8-7-14)12-4-3-11(10-17)9-13(12)16(18)19/h3-4,9-10H,2,5-8H2,1H3/p+1. The van der Waals surface area contributed by atoms with Crippen molar-refractivity contribution in [2.24, 2.45) is 0 Å². The molecule has 0 aliphatic carbocycles. The van der Waals surface area contributed by atoms with Crippen LogP contribution >= 0.6 is 0 Å². The van der Waals surface area contributed by atoms with Gasteiger partial charge in [-0.15, -0.1) is 0 Å².